The van der Waals surface area contributed by atoms with Gasteiger partial charge in [0.1, 0.15) is 0 Å². The van der Waals surface area contributed by atoms with E-state index in [-0.39, 0.29) is 30.7 Å². The molecule has 0 aliphatic carbocycles. The Morgan fingerprint density at radius 3 is 2.28 bits per heavy atom. The highest BCUT2D eigenvalue weighted by Crippen LogP contribution is 2.28. The van der Waals surface area contributed by atoms with Crippen molar-refractivity contribution in [3.63, 3.8) is 0 Å². The minimum atomic E-state index is -0.523. The Morgan fingerprint density at radius 1 is 0.906 bits per heavy atom. The summed E-state index contributed by atoms with van der Waals surface area (Å²) in [6.07, 6.45) is 0.103. The van der Waals surface area contributed by atoms with E-state index in [2.05, 4.69) is 10.6 Å². The molecule has 2 N–H and O–H groups in total. The number of carbonyl (C=O) groups is 3. The predicted octanol–water partition coefficient (Wildman–Crippen LogP) is 4.89. The minimum absolute atomic E-state index is 0.103. The molecule has 0 unspecified atom stereocenters. The van der Waals surface area contributed by atoms with Crippen molar-refractivity contribution >= 4 is 46.4 Å². The van der Waals surface area contributed by atoms with Gasteiger partial charge in [0.05, 0.1) is 17.2 Å². The topological polar surface area (TPSA) is 78.5 Å². The first-order chi connectivity index (χ1) is 15.4. The van der Waals surface area contributed by atoms with Crippen LogP contribution in [0.15, 0.2) is 72.8 Å². The molecule has 162 valence electrons. The average Bonchev–Trinajstić information content (AvgIpc) is 3.18. The van der Waals surface area contributed by atoms with Crippen LogP contribution in [0, 0.1) is 12.8 Å². The highest BCUT2D eigenvalue weighted by Gasteiger charge is 2.35. The quantitative estimate of drug-likeness (QED) is 0.584. The van der Waals surface area contributed by atoms with Gasteiger partial charge in [-0.15, -0.1) is 0 Å². The van der Waals surface area contributed by atoms with Crippen molar-refractivity contribution in [2.24, 2.45) is 5.92 Å². The first-order valence-electron chi connectivity index (χ1n) is 10.2. The smallest absolute Gasteiger partial charge is 0.257 e. The van der Waals surface area contributed by atoms with Gasteiger partial charge in [0.15, 0.2) is 0 Å². The number of hydrogen-bond donors (Lipinski definition) is 2. The number of halogens is 1. The molecule has 1 aliphatic heterocycles. The molecule has 1 aliphatic rings. The molecule has 7 heteroatoms. The second kappa shape index (κ2) is 9.24. The van der Waals surface area contributed by atoms with E-state index >= 15 is 0 Å². The Balaban J connectivity index is 1.47. The third kappa shape index (κ3) is 4.65. The molecule has 1 atom stereocenters. The van der Waals surface area contributed by atoms with Crippen LogP contribution >= 0.6 is 11.6 Å². The van der Waals surface area contributed by atoms with Crippen LogP contribution in [0.5, 0.6) is 0 Å². The summed E-state index contributed by atoms with van der Waals surface area (Å²) < 4.78 is 0. The summed E-state index contributed by atoms with van der Waals surface area (Å²) in [7, 11) is 0. The standard InChI is InChI=1S/C25H22ClN3O3/c1-16-6-2-4-8-21(16)27-25(32)20-7-3-5-9-22(20)28-24(31)17-14-23(30)29(15-17)19-12-10-18(26)11-13-19/h2-13,17H,14-15H2,1H3,(H,27,32)(H,28,31)/t17-/m0/s1. The SMILES string of the molecule is Cc1ccccc1NC(=O)c1ccccc1NC(=O)[C@H]1CC(=O)N(c2ccc(Cl)cc2)C1. The summed E-state index contributed by atoms with van der Waals surface area (Å²) in [5.74, 6) is -1.27. The van der Waals surface area contributed by atoms with Gasteiger partial charge in [-0.1, -0.05) is 41.9 Å². The second-order valence-corrected chi connectivity index (χ2v) is 8.12. The Bertz CT molecular complexity index is 1180. The Hall–Kier alpha value is -3.64. The van der Waals surface area contributed by atoms with E-state index in [1.54, 1.807) is 53.4 Å². The molecular formula is C25H22ClN3O3. The maximum Gasteiger partial charge on any atom is 0.257 e. The number of hydrogen-bond acceptors (Lipinski definition) is 3. The molecule has 0 radical (unpaired) electrons. The lowest BCUT2D eigenvalue weighted by Gasteiger charge is -2.17. The van der Waals surface area contributed by atoms with E-state index in [4.69, 9.17) is 11.6 Å². The summed E-state index contributed by atoms with van der Waals surface area (Å²) in [5.41, 5.74) is 3.10. The van der Waals surface area contributed by atoms with Crippen molar-refractivity contribution in [3.05, 3.63) is 88.9 Å². The molecule has 0 saturated carbocycles. The van der Waals surface area contributed by atoms with Crippen LogP contribution in [0.4, 0.5) is 17.1 Å². The maximum absolute atomic E-state index is 12.9. The van der Waals surface area contributed by atoms with Gasteiger partial charge in [0.2, 0.25) is 11.8 Å². The van der Waals surface area contributed by atoms with Crippen LogP contribution in [-0.2, 0) is 9.59 Å². The van der Waals surface area contributed by atoms with E-state index in [1.807, 2.05) is 31.2 Å². The molecule has 0 spiro atoms. The van der Waals surface area contributed by atoms with Crippen molar-refractivity contribution in [1.29, 1.82) is 0 Å². The summed E-state index contributed by atoms with van der Waals surface area (Å²) >= 11 is 5.92. The van der Waals surface area contributed by atoms with Crippen LogP contribution in [0.2, 0.25) is 5.02 Å². The lowest BCUT2D eigenvalue weighted by molar-refractivity contribution is -0.122. The summed E-state index contributed by atoms with van der Waals surface area (Å²) in [5, 5.41) is 6.30. The van der Waals surface area contributed by atoms with Gasteiger partial charge in [-0.25, -0.2) is 0 Å². The third-order valence-corrected chi connectivity index (χ3v) is 5.71. The number of nitrogens with one attached hydrogen (secondary N) is 2. The molecule has 32 heavy (non-hydrogen) atoms. The molecule has 4 rings (SSSR count). The monoisotopic (exact) mass is 447 g/mol. The molecule has 1 saturated heterocycles. The zero-order valence-corrected chi connectivity index (χ0v) is 18.2. The summed E-state index contributed by atoms with van der Waals surface area (Å²) in [6.45, 7) is 2.18. The van der Waals surface area contributed by atoms with Crippen LogP contribution in [0.3, 0.4) is 0 Å². The third-order valence-electron chi connectivity index (χ3n) is 5.46. The number of aryl methyl sites for hydroxylation is 1. The fraction of sp³-hybridized carbons (Fsp3) is 0.160. The van der Waals surface area contributed by atoms with Crippen molar-refractivity contribution in [2.45, 2.75) is 13.3 Å². The lowest BCUT2D eigenvalue weighted by atomic mass is 10.1. The zero-order chi connectivity index (χ0) is 22.7. The van der Waals surface area contributed by atoms with E-state index in [0.29, 0.717) is 27.6 Å². The number of rotatable bonds is 5. The maximum atomic E-state index is 12.9. The molecule has 3 aromatic rings. The normalized spacial score (nSPS) is 15.5. The van der Waals surface area contributed by atoms with Crippen LogP contribution in [-0.4, -0.2) is 24.3 Å². The van der Waals surface area contributed by atoms with Crippen molar-refractivity contribution in [3.8, 4) is 0 Å². The number of para-hydroxylation sites is 2. The lowest BCUT2D eigenvalue weighted by Crippen LogP contribution is -2.28. The van der Waals surface area contributed by atoms with Gasteiger partial charge in [-0.2, -0.15) is 0 Å². The van der Waals surface area contributed by atoms with Crippen molar-refractivity contribution in [2.75, 3.05) is 22.1 Å². The van der Waals surface area contributed by atoms with E-state index in [9.17, 15) is 14.4 Å². The highest BCUT2D eigenvalue weighted by atomic mass is 35.5. The van der Waals surface area contributed by atoms with Crippen LogP contribution < -0.4 is 15.5 Å². The van der Waals surface area contributed by atoms with E-state index in [0.717, 1.165) is 5.56 Å². The molecule has 1 fully saturated rings. The number of benzene rings is 3. The van der Waals surface area contributed by atoms with E-state index < -0.39 is 5.92 Å². The van der Waals surface area contributed by atoms with Crippen molar-refractivity contribution in [1.82, 2.24) is 0 Å². The number of amides is 3. The van der Waals surface area contributed by atoms with Crippen LogP contribution in [0.25, 0.3) is 0 Å². The fourth-order valence-corrected chi connectivity index (χ4v) is 3.81. The number of nitrogens with zero attached hydrogens (tertiary/aromatic N) is 1. The van der Waals surface area contributed by atoms with Gasteiger partial charge in [-0.3, -0.25) is 14.4 Å². The molecular weight excluding hydrogens is 426 g/mol. The Morgan fingerprint density at radius 2 is 1.56 bits per heavy atom. The zero-order valence-electron chi connectivity index (χ0n) is 17.5. The fourth-order valence-electron chi connectivity index (χ4n) is 3.68. The van der Waals surface area contributed by atoms with Gasteiger partial charge in [0, 0.05) is 29.4 Å². The minimum Gasteiger partial charge on any atom is -0.325 e. The molecule has 0 bridgehead atoms. The van der Waals surface area contributed by atoms with Crippen LogP contribution in [0.1, 0.15) is 22.3 Å². The highest BCUT2D eigenvalue weighted by molar-refractivity contribution is 6.30. The molecule has 0 aromatic heterocycles. The molecule has 3 aromatic carbocycles. The number of carbonyl (C=O) groups excluding carboxylic acids is 3. The van der Waals surface area contributed by atoms with Gasteiger partial charge in [-0.05, 0) is 55.0 Å². The van der Waals surface area contributed by atoms with Crippen molar-refractivity contribution < 1.29 is 14.4 Å². The van der Waals surface area contributed by atoms with Gasteiger partial charge in [0.25, 0.3) is 5.91 Å². The molecule has 1 heterocycles. The van der Waals surface area contributed by atoms with Gasteiger partial charge >= 0.3 is 0 Å². The number of anilines is 3. The molecule has 6 nitrogen and oxygen atoms in total. The first-order valence-corrected chi connectivity index (χ1v) is 10.6. The molecule has 3 amide bonds. The van der Waals surface area contributed by atoms with E-state index in [1.165, 1.54) is 0 Å². The summed E-state index contributed by atoms with van der Waals surface area (Å²) in [6, 6.07) is 21.2. The summed E-state index contributed by atoms with van der Waals surface area (Å²) in [4.78, 5) is 39.9. The average molecular weight is 448 g/mol. The first kappa shape index (κ1) is 21.6. The van der Waals surface area contributed by atoms with Gasteiger partial charge < -0.3 is 15.5 Å². The second-order valence-electron chi connectivity index (χ2n) is 7.69. The Labute approximate surface area is 191 Å². The largest absolute Gasteiger partial charge is 0.325 e. The predicted molar refractivity (Wildman–Crippen MR) is 126 cm³/mol. The Kier molecular flexibility index (Phi) is 6.23.